The van der Waals surface area contributed by atoms with E-state index in [9.17, 15) is 8.42 Å². The zero-order valence-corrected chi connectivity index (χ0v) is 7.52. The van der Waals surface area contributed by atoms with Crippen LogP contribution in [-0.4, -0.2) is 18.9 Å². The maximum Gasteiger partial charge on any atom is 0.211 e. The van der Waals surface area contributed by atoms with Crippen LogP contribution in [0.15, 0.2) is 0 Å². The number of rotatable bonds is 0. The molecule has 0 fully saturated rings. The predicted octanol–water partition coefficient (Wildman–Crippen LogP) is -0.0526. The molecule has 9 heavy (non-hydrogen) atoms. The average molecular weight is 214 g/mol. The molecular weight excluding hydrogens is 209 g/mol. The molecule has 4 nitrogen and oxygen atoms in total. The lowest BCUT2D eigenvalue weighted by molar-refractivity contribution is 0.603. The molecule has 8 heteroatoms. The van der Waals surface area contributed by atoms with Gasteiger partial charge in [-0.1, -0.05) is 0 Å². The SMILES string of the molecule is CS(N)(=O)=O.O=S(Cl)Cl. The summed E-state index contributed by atoms with van der Waals surface area (Å²) in [5.74, 6) is 0. The van der Waals surface area contributed by atoms with Crippen LogP contribution in [0.5, 0.6) is 0 Å². The highest BCUT2D eigenvalue weighted by atomic mass is 36.0. The minimum atomic E-state index is -3.17. The molecule has 2 N–H and O–H groups in total. The standard InChI is InChI=1S/CH5NO2S.Cl2OS/c1-5(2,3)4;1-4(2)3/h1H3,(H2,2,3,4);. The van der Waals surface area contributed by atoms with Crippen molar-refractivity contribution in [1.82, 2.24) is 0 Å². The van der Waals surface area contributed by atoms with E-state index in [0.717, 1.165) is 6.26 Å². The molecule has 0 amide bonds. The molecule has 0 aromatic heterocycles. The Bertz CT molecular complexity index is 162. The van der Waals surface area contributed by atoms with Gasteiger partial charge in [-0.05, 0) is 0 Å². The van der Waals surface area contributed by atoms with Crippen molar-refractivity contribution in [2.45, 2.75) is 0 Å². The summed E-state index contributed by atoms with van der Waals surface area (Å²) in [5, 5.41) is 4.33. The Balaban J connectivity index is 0. The minimum Gasteiger partial charge on any atom is -0.229 e. The highest BCUT2D eigenvalue weighted by Gasteiger charge is 1.78. The Labute approximate surface area is 64.8 Å². The molecule has 0 rings (SSSR count). The molecule has 0 aliphatic heterocycles. The van der Waals surface area contributed by atoms with E-state index in [2.05, 4.69) is 26.5 Å². The normalized spacial score (nSPS) is 10.3. The second-order valence-electron chi connectivity index (χ2n) is 1.01. The molecule has 0 unspecified atom stereocenters. The van der Waals surface area contributed by atoms with Gasteiger partial charge in [-0.2, -0.15) is 0 Å². The van der Waals surface area contributed by atoms with Crippen molar-refractivity contribution in [3.8, 4) is 0 Å². The third kappa shape index (κ3) is 930. The van der Waals surface area contributed by atoms with Crippen LogP contribution < -0.4 is 5.14 Å². The minimum absolute atomic E-state index is 0.938. The summed E-state index contributed by atoms with van der Waals surface area (Å²) in [6, 6.07) is 0. The zero-order chi connectivity index (χ0) is 8.08. The summed E-state index contributed by atoms with van der Waals surface area (Å²) in [7, 11) is 4.19. The van der Waals surface area contributed by atoms with Crippen molar-refractivity contribution in [3.63, 3.8) is 0 Å². The number of hydrogen-bond acceptors (Lipinski definition) is 3. The van der Waals surface area contributed by atoms with Crippen molar-refractivity contribution in [1.29, 1.82) is 0 Å². The fourth-order valence-electron chi connectivity index (χ4n) is 0. The lowest BCUT2D eigenvalue weighted by atomic mass is 12.0. The number of primary sulfonamides is 1. The molecular formula is CH5Cl2NO3S2. The third-order valence-corrected chi connectivity index (χ3v) is 0. The summed E-state index contributed by atoms with van der Waals surface area (Å²) in [6.07, 6.45) is 0.938. The van der Waals surface area contributed by atoms with Gasteiger partial charge in [-0.3, -0.25) is 0 Å². The van der Waals surface area contributed by atoms with Crippen LogP contribution in [0.2, 0.25) is 0 Å². The van der Waals surface area contributed by atoms with E-state index in [1.54, 1.807) is 0 Å². The maximum absolute atomic E-state index is 9.41. The van der Waals surface area contributed by atoms with E-state index in [4.69, 9.17) is 4.21 Å². The molecule has 0 aliphatic rings. The largest absolute Gasteiger partial charge is 0.229 e. The fourth-order valence-corrected chi connectivity index (χ4v) is 0. The van der Waals surface area contributed by atoms with Gasteiger partial charge in [0.05, 0.1) is 6.26 Å². The van der Waals surface area contributed by atoms with Gasteiger partial charge in [0, 0.05) is 21.4 Å². The summed E-state index contributed by atoms with van der Waals surface area (Å²) in [5.41, 5.74) is 0. The first-order valence-corrected chi connectivity index (χ1v) is 6.21. The van der Waals surface area contributed by atoms with Crippen LogP contribution in [0.25, 0.3) is 0 Å². The third-order valence-electron chi connectivity index (χ3n) is 0. The molecule has 58 valence electrons. The lowest BCUT2D eigenvalue weighted by Gasteiger charge is -1.71. The lowest BCUT2D eigenvalue weighted by Crippen LogP contribution is -2.07. The van der Waals surface area contributed by atoms with Crippen LogP contribution in [-0.2, 0) is 19.2 Å². The van der Waals surface area contributed by atoms with E-state index >= 15 is 0 Å². The van der Waals surface area contributed by atoms with Crippen LogP contribution in [0.3, 0.4) is 0 Å². The quantitative estimate of drug-likeness (QED) is 0.574. The first kappa shape index (κ1) is 12.3. The van der Waals surface area contributed by atoms with Crippen LogP contribution in [0, 0.1) is 0 Å². The van der Waals surface area contributed by atoms with Crippen molar-refractivity contribution in [2.24, 2.45) is 5.14 Å². The first-order chi connectivity index (χ1) is 3.73. The molecule has 0 aromatic carbocycles. The second-order valence-corrected chi connectivity index (χ2v) is 5.20. The molecule has 0 saturated carbocycles. The van der Waals surface area contributed by atoms with Gasteiger partial charge in [0.25, 0.3) is 0 Å². The monoisotopic (exact) mass is 213 g/mol. The molecule has 0 spiro atoms. The summed E-state index contributed by atoms with van der Waals surface area (Å²) < 4.78 is 27.9. The van der Waals surface area contributed by atoms with E-state index in [1.807, 2.05) is 0 Å². The van der Waals surface area contributed by atoms with Gasteiger partial charge in [0.1, 0.15) is 0 Å². The van der Waals surface area contributed by atoms with Gasteiger partial charge < -0.3 is 0 Å². The Morgan fingerprint density at radius 1 is 1.44 bits per heavy atom. The smallest absolute Gasteiger partial charge is 0.211 e. The van der Waals surface area contributed by atoms with Crippen molar-refractivity contribution >= 4 is 40.6 Å². The Morgan fingerprint density at radius 2 is 1.44 bits per heavy atom. The highest BCUT2D eigenvalue weighted by Crippen LogP contribution is 1.89. The van der Waals surface area contributed by atoms with E-state index in [1.165, 1.54) is 0 Å². The fraction of sp³-hybridized carbons (Fsp3) is 1.00. The topological polar surface area (TPSA) is 77.2 Å². The number of sulfonamides is 1. The van der Waals surface area contributed by atoms with Gasteiger partial charge in [0.15, 0.2) is 0 Å². The maximum atomic E-state index is 9.41. The Hall–Kier alpha value is 0.640. The average Bonchev–Trinajstić information content (AvgIpc) is 1.19. The summed E-state index contributed by atoms with van der Waals surface area (Å²) in [4.78, 5) is 0. The van der Waals surface area contributed by atoms with Crippen LogP contribution >= 0.6 is 21.4 Å². The molecule has 0 heterocycles. The van der Waals surface area contributed by atoms with Gasteiger partial charge in [0.2, 0.25) is 19.2 Å². The van der Waals surface area contributed by atoms with Gasteiger partial charge in [-0.15, -0.1) is 0 Å². The molecule has 0 atom stereocenters. The van der Waals surface area contributed by atoms with E-state index in [0.29, 0.717) is 0 Å². The summed E-state index contributed by atoms with van der Waals surface area (Å²) >= 11 is 0. The molecule has 0 radical (unpaired) electrons. The molecule has 0 saturated heterocycles. The second kappa shape index (κ2) is 5.43. The predicted molar refractivity (Wildman–Crippen MR) is 38.9 cm³/mol. The number of halogens is 2. The van der Waals surface area contributed by atoms with Crippen molar-refractivity contribution in [3.05, 3.63) is 0 Å². The Morgan fingerprint density at radius 3 is 1.44 bits per heavy atom. The van der Waals surface area contributed by atoms with Crippen molar-refractivity contribution in [2.75, 3.05) is 6.26 Å². The van der Waals surface area contributed by atoms with Gasteiger partial charge >= 0.3 is 0 Å². The van der Waals surface area contributed by atoms with E-state index < -0.39 is 19.2 Å². The number of nitrogens with two attached hydrogens (primary N) is 1. The molecule has 0 aromatic rings. The first-order valence-electron chi connectivity index (χ1n) is 1.45. The van der Waals surface area contributed by atoms with Gasteiger partial charge in [-0.25, -0.2) is 17.8 Å². The molecule has 0 bridgehead atoms. The number of hydrogen-bond donors (Lipinski definition) is 1. The van der Waals surface area contributed by atoms with Crippen LogP contribution in [0.1, 0.15) is 0 Å². The van der Waals surface area contributed by atoms with E-state index in [-0.39, 0.29) is 0 Å². The van der Waals surface area contributed by atoms with Crippen molar-refractivity contribution < 1.29 is 12.6 Å². The molecule has 0 aliphatic carbocycles. The highest BCUT2D eigenvalue weighted by molar-refractivity contribution is 8.26. The Kier molecular flexibility index (Phi) is 7.43. The summed E-state index contributed by atoms with van der Waals surface area (Å²) in [6.45, 7) is 0. The zero-order valence-electron chi connectivity index (χ0n) is 4.37. The van der Waals surface area contributed by atoms with Crippen LogP contribution in [0.4, 0.5) is 0 Å².